The van der Waals surface area contributed by atoms with Gasteiger partial charge in [-0.15, -0.1) is 6.58 Å². The summed E-state index contributed by atoms with van der Waals surface area (Å²) < 4.78 is 0. The first-order chi connectivity index (χ1) is 9.25. The zero-order chi connectivity index (χ0) is 15.3. The van der Waals surface area contributed by atoms with E-state index < -0.39 is 11.9 Å². The molecule has 4 heteroatoms. The molecule has 1 aromatic carbocycles. The van der Waals surface area contributed by atoms with Gasteiger partial charge in [-0.25, -0.2) is 0 Å². The molecule has 0 bridgehead atoms. The Labute approximate surface area is 120 Å². The summed E-state index contributed by atoms with van der Waals surface area (Å²) in [6.45, 7) is 9.86. The molecule has 20 heavy (non-hydrogen) atoms. The van der Waals surface area contributed by atoms with Crippen LogP contribution in [-0.2, 0) is 10.2 Å². The predicted octanol–water partition coefficient (Wildman–Crippen LogP) is 2.14. The summed E-state index contributed by atoms with van der Waals surface area (Å²) in [5.41, 5.74) is 6.92. The van der Waals surface area contributed by atoms with Gasteiger partial charge < -0.3 is 11.1 Å². The minimum atomic E-state index is -0.720. The van der Waals surface area contributed by atoms with Gasteiger partial charge in [0.1, 0.15) is 6.04 Å². The molecule has 0 unspecified atom stereocenters. The van der Waals surface area contributed by atoms with Gasteiger partial charge in [0.05, 0.1) is 0 Å². The monoisotopic (exact) mass is 274 g/mol. The Morgan fingerprint density at radius 1 is 1.30 bits per heavy atom. The first-order valence-electron chi connectivity index (χ1n) is 6.57. The van der Waals surface area contributed by atoms with Crippen molar-refractivity contribution in [1.82, 2.24) is 5.32 Å². The molecular formula is C16H22N2O2. The zero-order valence-electron chi connectivity index (χ0n) is 12.3. The summed E-state index contributed by atoms with van der Waals surface area (Å²) in [6.07, 6.45) is 1.87. The maximum absolute atomic E-state index is 12.0. The highest BCUT2D eigenvalue weighted by Crippen LogP contribution is 2.22. The normalized spacial score (nSPS) is 12.6. The van der Waals surface area contributed by atoms with Crippen LogP contribution in [0.3, 0.4) is 0 Å². The molecule has 1 aromatic rings. The molecule has 0 saturated heterocycles. The third kappa shape index (κ3) is 4.23. The summed E-state index contributed by atoms with van der Waals surface area (Å²) in [6, 6.07) is 6.62. The molecule has 0 aliphatic carbocycles. The molecule has 3 N–H and O–H groups in total. The van der Waals surface area contributed by atoms with Gasteiger partial charge in [0, 0.05) is 5.56 Å². The van der Waals surface area contributed by atoms with Gasteiger partial charge in [-0.05, 0) is 29.5 Å². The minimum Gasteiger partial charge on any atom is -0.368 e. The Morgan fingerprint density at radius 2 is 1.85 bits per heavy atom. The molecule has 4 nitrogen and oxygen atoms in total. The van der Waals surface area contributed by atoms with Gasteiger partial charge in [0.2, 0.25) is 5.91 Å². The fourth-order valence-electron chi connectivity index (χ4n) is 1.78. The number of nitrogens with one attached hydrogen (secondary N) is 1. The Hall–Kier alpha value is -2.10. The molecule has 2 amide bonds. The molecule has 0 aromatic heterocycles. The largest absolute Gasteiger partial charge is 0.368 e. The van der Waals surface area contributed by atoms with Gasteiger partial charge in [0.25, 0.3) is 5.91 Å². The molecule has 1 atom stereocenters. The fraction of sp³-hybridized carbons (Fsp3) is 0.375. The van der Waals surface area contributed by atoms with Crippen LogP contribution < -0.4 is 11.1 Å². The number of benzene rings is 1. The molecular weight excluding hydrogens is 252 g/mol. The molecule has 0 heterocycles. The predicted molar refractivity (Wildman–Crippen MR) is 80.4 cm³/mol. The van der Waals surface area contributed by atoms with Crippen molar-refractivity contribution in [2.24, 2.45) is 5.73 Å². The lowest BCUT2D eigenvalue weighted by molar-refractivity contribution is -0.119. The average molecular weight is 274 g/mol. The van der Waals surface area contributed by atoms with Crippen molar-refractivity contribution in [3.63, 3.8) is 0 Å². The van der Waals surface area contributed by atoms with Crippen molar-refractivity contribution >= 4 is 11.8 Å². The van der Waals surface area contributed by atoms with Gasteiger partial charge in [-0.2, -0.15) is 0 Å². The highest BCUT2D eigenvalue weighted by molar-refractivity contribution is 5.97. The quantitative estimate of drug-likeness (QED) is 0.807. The van der Waals surface area contributed by atoms with Crippen LogP contribution in [0.5, 0.6) is 0 Å². The highest BCUT2D eigenvalue weighted by atomic mass is 16.2. The Morgan fingerprint density at radius 3 is 2.25 bits per heavy atom. The number of carbonyl (C=O) groups excluding carboxylic acids is 2. The number of nitrogens with two attached hydrogens (primary N) is 1. The summed E-state index contributed by atoms with van der Waals surface area (Å²) in [5.74, 6) is -0.874. The Balaban J connectivity index is 2.82. The first kappa shape index (κ1) is 16.0. The second-order valence-electron chi connectivity index (χ2n) is 5.78. The third-order valence-corrected chi connectivity index (χ3v) is 3.06. The van der Waals surface area contributed by atoms with E-state index in [1.165, 1.54) is 0 Å². The highest BCUT2D eigenvalue weighted by Gasteiger charge is 2.18. The Kier molecular flexibility index (Phi) is 5.08. The lowest BCUT2D eigenvalue weighted by Crippen LogP contribution is -2.44. The van der Waals surface area contributed by atoms with E-state index >= 15 is 0 Å². The first-order valence-corrected chi connectivity index (χ1v) is 6.57. The minimum absolute atomic E-state index is 0.0353. The molecule has 0 radical (unpaired) electrons. The smallest absolute Gasteiger partial charge is 0.251 e. The van der Waals surface area contributed by atoms with Crippen LogP contribution in [0.15, 0.2) is 36.9 Å². The van der Waals surface area contributed by atoms with E-state index in [0.29, 0.717) is 12.0 Å². The van der Waals surface area contributed by atoms with Crippen LogP contribution in [0, 0.1) is 0 Å². The van der Waals surface area contributed by atoms with Crippen LogP contribution in [-0.4, -0.2) is 17.9 Å². The molecule has 0 aliphatic rings. The van der Waals surface area contributed by atoms with E-state index in [9.17, 15) is 9.59 Å². The molecule has 108 valence electrons. The lowest BCUT2D eigenvalue weighted by Gasteiger charge is -2.19. The van der Waals surface area contributed by atoms with E-state index in [2.05, 4.69) is 32.7 Å². The number of rotatable bonds is 5. The number of primary amides is 1. The van der Waals surface area contributed by atoms with Crippen LogP contribution in [0.2, 0.25) is 0 Å². The van der Waals surface area contributed by atoms with E-state index in [0.717, 1.165) is 5.56 Å². The van der Waals surface area contributed by atoms with Crippen molar-refractivity contribution in [1.29, 1.82) is 0 Å². The summed E-state index contributed by atoms with van der Waals surface area (Å²) in [4.78, 5) is 23.2. The number of hydrogen-bond donors (Lipinski definition) is 2. The molecule has 1 rings (SSSR count). The van der Waals surface area contributed by atoms with Gasteiger partial charge in [-0.1, -0.05) is 39.0 Å². The van der Waals surface area contributed by atoms with Crippen molar-refractivity contribution in [3.05, 3.63) is 48.0 Å². The average Bonchev–Trinajstić information content (AvgIpc) is 2.37. The van der Waals surface area contributed by atoms with E-state index in [1.54, 1.807) is 18.2 Å². The van der Waals surface area contributed by atoms with Crippen molar-refractivity contribution in [3.8, 4) is 0 Å². The molecule has 0 saturated carbocycles. The van der Waals surface area contributed by atoms with Crippen LogP contribution in [0.25, 0.3) is 0 Å². The zero-order valence-corrected chi connectivity index (χ0v) is 12.3. The SMILES string of the molecule is C=CC[C@@H](NC(=O)c1ccc(C(C)(C)C)cc1)C(N)=O. The number of amides is 2. The van der Waals surface area contributed by atoms with E-state index in [-0.39, 0.29) is 11.3 Å². The summed E-state index contributed by atoms with van der Waals surface area (Å²) in [5, 5.41) is 2.61. The maximum atomic E-state index is 12.0. The van der Waals surface area contributed by atoms with Gasteiger partial charge in [-0.3, -0.25) is 9.59 Å². The molecule has 0 fully saturated rings. The standard InChI is InChI=1S/C16H22N2O2/c1-5-6-13(14(17)19)18-15(20)11-7-9-12(10-8-11)16(2,3)4/h5,7-10,13H,1,6H2,2-4H3,(H2,17,19)(H,18,20)/t13-/m1/s1. The van der Waals surface area contributed by atoms with E-state index in [4.69, 9.17) is 5.73 Å². The fourth-order valence-corrected chi connectivity index (χ4v) is 1.78. The number of hydrogen-bond acceptors (Lipinski definition) is 2. The van der Waals surface area contributed by atoms with Gasteiger partial charge in [0.15, 0.2) is 0 Å². The molecule has 0 spiro atoms. The third-order valence-electron chi connectivity index (χ3n) is 3.06. The van der Waals surface area contributed by atoms with Crippen LogP contribution >= 0.6 is 0 Å². The topological polar surface area (TPSA) is 72.2 Å². The summed E-state index contributed by atoms with van der Waals surface area (Å²) >= 11 is 0. The van der Waals surface area contributed by atoms with E-state index in [1.807, 2.05) is 12.1 Å². The summed E-state index contributed by atoms with van der Waals surface area (Å²) in [7, 11) is 0. The van der Waals surface area contributed by atoms with Gasteiger partial charge >= 0.3 is 0 Å². The maximum Gasteiger partial charge on any atom is 0.251 e. The lowest BCUT2D eigenvalue weighted by atomic mass is 9.86. The van der Waals surface area contributed by atoms with Crippen LogP contribution in [0.4, 0.5) is 0 Å². The van der Waals surface area contributed by atoms with Crippen LogP contribution in [0.1, 0.15) is 43.1 Å². The second-order valence-corrected chi connectivity index (χ2v) is 5.78. The number of carbonyl (C=O) groups is 2. The van der Waals surface area contributed by atoms with Crippen molar-refractivity contribution in [2.45, 2.75) is 38.6 Å². The molecule has 0 aliphatic heterocycles. The second kappa shape index (κ2) is 6.37. The van der Waals surface area contributed by atoms with Crippen molar-refractivity contribution < 1.29 is 9.59 Å². The van der Waals surface area contributed by atoms with Crippen molar-refractivity contribution in [2.75, 3.05) is 0 Å². The Bertz CT molecular complexity index is 498.